The zero-order valence-electron chi connectivity index (χ0n) is 14.0. The Bertz CT molecular complexity index is 600. The molecule has 1 N–H and O–H groups in total. The third-order valence-electron chi connectivity index (χ3n) is 4.62. The van der Waals surface area contributed by atoms with Gasteiger partial charge in [-0.3, -0.25) is 4.98 Å². The van der Waals surface area contributed by atoms with Crippen molar-refractivity contribution < 1.29 is 9.64 Å². The number of hydrogen-bond acceptors (Lipinski definition) is 2. The fraction of sp³-hybridized carbons (Fsp3) is 0.450. The van der Waals surface area contributed by atoms with E-state index in [2.05, 4.69) is 48.3 Å². The number of quaternary nitrogens is 1. The molecular weight excluding hydrogens is 284 g/mol. The van der Waals surface area contributed by atoms with Gasteiger partial charge in [0, 0.05) is 29.9 Å². The SMILES string of the molecule is CCCOc1cccc(C[NH+]2CCCC[C@@H]2c2cccnc2)c1. The van der Waals surface area contributed by atoms with E-state index in [0.29, 0.717) is 6.04 Å². The van der Waals surface area contributed by atoms with Crippen molar-refractivity contribution in [3.63, 3.8) is 0 Å². The molecule has 3 nitrogen and oxygen atoms in total. The van der Waals surface area contributed by atoms with E-state index in [9.17, 15) is 0 Å². The molecule has 0 spiro atoms. The minimum atomic E-state index is 0.567. The van der Waals surface area contributed by atoms with E-state index < -0.39 is 0 Å². The molecule has 122 valence electrons. The second-order valence-corrected chi connectivity index (χ2v) is 6.42. The smallest absolute Gasteiger partial charge is 0.119 e. The van der Waals surface area contributed by atoms with E-state index in [0.717, 1.165) is 25.3 Å². The van der Waals surface area contributed by atoms with Gasteiger partial charge in [-0.2, -0.15) is 0 Å². The number of likely N-dealkylation sites (tertiary alicyclic amines) is 1. The van der Waals surface area contributed by atoms with Crippen molar-refractivity contribution in [3.8, 4) is 5.75 Å². The van der Waals surface area contributed by atoms with Crippen molar-refractivity contribution in [2.24, 2.45) is 0 Å². The maximum atomic E-state index is 5.78. The molecule has 1 aliphatic heterocycles. The molecular formula is C20H27N2O+. The zero-order chi connectivity index (χ0) is 15.9. The second kappa shape index (κ2) is 8.11. The third kappa shape index (κ3) is 4.32. The fourth-order valence-corrected chi connectivity index (χ4v) is 3.50. The molecule has 1 aromatic heterocycles. The normalized spacial score (nSPS) is 21.1. The Kier molecular flexibility index (Phi) is 5.65. The minimum absolute atomic E-state index is 0.567. The number of nitrogens with one attached hydrogen (secondary N) is 1. The van der Waals surface area contributed by atoms with Gasteiger partial charge < -0.3 is 9.64 Å². The summed E-state index contributed by atoms with van der Waals surface area (Å²) in [5.74, 6) is 0.999. The highest BCUT2D eigenvalue weighted by molar-refractivity contribution is 5.28. The quantitative estimate of drug-likeness (QED) is 0.887. The van der Waals surface area contributed by atoms with Crippen LogP contribution in [0.25, 0.3) is 0 Å². The Labute approximate surface area is 139 Å². The van der Waals surface area contributed by atoms with Crippen molar-refractivity contribution >= 4 is 0 Å². The lowest BCUT2D eigenvalue weighted by atomic mass is 9.96. The summed E-state index contributed by atoms with van der Waals surface area (Å²) in [7, 11) is 0. The van der Waals surface area contributed by atoms with Crippen LogP contribution in [-0.4, -0.2) is 18.1 Å². The molecule has 2 aromatic rings. The highest BCUT2D eigenvalue weighted by atomic mass is 16.5. The number of piperidine rings is 1. The molecule has 0 bridgehead atoms. The average Bonchev–Trinajstić information content (AvgIpc) is 2.61. The van der Waals surface area contributed by atoms with Crippen LogP contribution in [0.15, 0.2) is 48.8 Å². The molecule has 1 fully saturated rings. The van der Waals surface area contributed by atoms with Gasteiger partial charge in [-0.25, -0.2) is 0 Å². The van der Waals surface area contributed by atoms with Gasteiger partial charge in [0.2, 0.25) is 0 Å². The summed E-state index contributed by atoms with van der Waals surface area (Å²) >= 11 is 0. The number of ether oxygens (including phenoxy) is 1. The first-order chi connectivity index (χ1) is 11.4. The second-order valence-electron chi connectivity index (χ2n) is 6.42. The standard InChI is InChI=1S/C20H26N2O/c1-2-13-23-19-9-5-7-17(14-19)16-22-12-4-3-10-20(22)18-8-6-11-21-15-18/h5-9,11,14-15,20H,2-4,10,12-13,16H2,1H3/p+1/t20-/m1/s1. The molecule has 1 aliphatic rings. The van der Waals surface area contributed by atoms with E-state index in [-0.39, 0.29) is 0 Å². The summed E-state index contributed by atoms with van der Waals surface area (Å²) in [4.78, 5) is 5.97. The average molecular weight is 311 g/mol. The van der Waals surface area contributed by atoms with E-state index in [1.807, 2.05) is 12.4 Å². The van der Waals surface area contributed by atoms with Gasteiger partial charge >= 0.3 is 0 Å². The highest BCUT2D eigenvalue weighted by Gasteiger charge is 2.27. The lowest BCUT2D eigenvalue weighted by Crippen LogP contribution is -3.11. The third-order valence-corrected chi connectivity index (χ3v) is 4.62. The van der Waals surface area contributed by atoms with Crippen molar-refractivity contribution in [2.75, 3.05) is 13.2 Å². The van der Waals surface area contributed by atoms with Crippen LogP contribution in [0.1, 0.15) is 49.8 Å². The van der Waals surface area contributed by atoms with Gasteiger partial charge in [0.05, 0.1) is 13.2 Å². The Balaban J connectivity index is 1.72. The van der Waals surface area contributed by atoms with Crippen LogP contribution in [0.5, 0.6) is 5.75 Å². The lowest BCUT2D eigenvalue weighted by Gasteiger charge is -2.32. The van der Waals surface area contributed by atoms with Crippen LogP contribution in [0.3, 0.4) is 0 Å². The number of hydrogen-bond donors (Lipinski definition) is 1. The molecule has 3 heteroatoms. The number of aromatic nitrogens is 1. The Morgan fingerprint density at radius 3 is 3.00 bits per heavy atom. The summed E-state index contributed by atoms with van der Waals surface area (Å²) in [6.45, 7) is 5.22. The molecule has 0 radical (unpaired) electrons. The lowest BCUT2D eigenvalue weighted by molar-refractivity contribution is -0.950. The summed E-state index contributed by atoms with van der Waals surface area (Å²) in [5.41, 5.74) is 2.74. The highest BCUT2D eigenvalue weighted by Crippen LogP contribution is 2.20. The van der Waals surface area contributed by atoms with Crippen LogP contribution >= 0.6 is 0 Å². The zero-order valence-corrected chi connectivity index (χ0v) is 14.0. The first kappa shape index (κ1) is 16.0. The first-order valence-corrected chi connectivity index (χ1v) is 8.83. The van der Waals surface area contributed by atoms with Gasteiger partial charge in [-0.15, -0.1) is 0 Å². The van der Waals surface area contributed by atoms with Crippen molar-refractivity contribution in [3.05, 3.63) is 59.9 Å². The molecule has 0 aliphatic carbocycles. The molecule has 2 atom stereocenters. The van der Waals surface area contributed by atoms with Gasteiger partial charge in [0.25, 0.3) is 0 Å². The maximum Gasteiger partial charge on any atom is 0.119 e. The number of nitrogens with zero attached hydrogens (tertiary/aromatic N) is 1. The van der Waals surface area contributed by atoms with Crippen LogP contribution in [0, 0.1) is 0 Å². The summed E-state index contributed by atoms with van der Waals surface area (Å²) in [6.07, 6.45) is 8.84. The molecule has 1 saturated heterocycles. The molecule has 1 aromatic carbocycles. The van der Waals surface area contributed by atoms with Crippen LogP contribution in [0.2, 0.25) is 0 Å². The van der Waals surface area contributed by atoms with Crippen molar-refractivity contribution in [2.45, 2.75) is 45.2 Å². The Hall–Kier alpha value is -1.87. The fourth-order valence-electron chi connectivity index (χ4n) is 3.50. The Morgan fingerprint density at radius 2 is 2.17 bits per heavy atom. The van der Waals surface area contributed by atoms with Crippen LogP contribution < -0.4 is 9.64 Å². The number of benzene rings is 1. The molecule has 0 amide bonds. The topological polar surface area (TPSA) is 26.6 Å². The summed E-state index contributed by atoms with van der Waals surface area (Å²) < 4.78 is 5.78. The van der Waals surface area contributed by atoms with Gasteiger partial charge in [-0.05, 0) is 37.5 Å². The van der Waals surface area contributed by atoms with E-state index in [4.69, 9.17) is 4.74 Å². The largest absolute Gasteiger partial charge is 0.494 e. The van der Waals surface area contributed by atoms with E-state index in [1.54, 1.807) is 4.90 Å². The first-order valence-electron chi connectivity index (χ1n) is 8.83. The molecule has 0 saturated carbocycles. The molecule has 3 rings (SSSR count). The van der Waals surface area contributed by atoms with E-state index >= 15 is 0 Å². The number of rotatable bonds is 6. The van der Waals surface area contributed by atoms with Crippen molar-refractivity contribution in [1.29, 1.82) is 0 Å². The molecule has 1 unspecified atom stereocenters. The molecule has 23 heavy (non-hydrogen) atoms. The van der Waals surface area contributed by atoms with Crippen LogP contribution in [0.4, 0.5) is 0 Å². The summed E-state index contributed by atoms with van der Waals surface area (Å²) in [6, 6.07) is 13.5. The van der Waals surface area contributed by atoms with Gasteiger partial charge in [0.15, 0.2) is 0 Å². The predicted octanol–water partition coefficient (Wildman–Crippen LogP) is 3.18. The van der Waals surface area contributed by atoms with Crippen molar-refractivity contribution in [1.82, 2.24) is 4.98 Å². The number of pyridine rings is 1. The maximum absolute atomic E-state index is 5.78. The molecule has 2 heterocycles. The van der Waals surface area contributed by atoms with Gasteiger partial charge in [0.1, 0.15) is 18.3 Å². The Morgan fingerprint density at radius 1 is 1.22 bits per heavy atom. The summed E-state index contributed by atoms with van der Waals surface area (Å²) in [5, 5.41) is 0. The minimum Gasteiger partial charge on any atom is -0.494 e. The monoisotopic (exact) mass is 311 g/mol. The van der Waals surface area contributed by atoms with Gasteiger partial charge in [-0.1, -0.05) is 25.1 Å². The van der Waals surface area contributed by atoms with Crippen LogP contribution in [-0.2, 0) is 6.54 Å². The van der Waals surface area contributed by atoms with E-state index in [1.165, 1.54) is 36.9 Å². The predicted molar refractivity (Wildman–Crippen MR) is 92.6 cm³/mol.